The van der Waals surface area contributed by atoms with Crippen molar-refractivity contribution in [2.75, 3.05) is 7.11 Å². The number of carbonyl (C=O) groups excluding carboxylic acids is 1. The highest BCUT2D eigenvalue weighted by atomic mass is 16.5. The number of aryl methyl sites for hydroxylation is 2. The van der Waals surface area contributed by atoms with E-state index in [1.54, 1.807) is 7.11 Å². The van der Waals surface area contributed by atoms with E-state index < -0.39 is 0 Å². The lowest BCUT2D eigenvalue weighted by Crippen LogP contribution is -2.28. The van der Waals surface area contributed by atoms with Crippen LogP contribution in [0.4, 0.5) is 0 Å². The van der Waals surface area contributed by atoms with Gasteiger partial charge >= 0.3 is 0 Å². The zero-order valence-electron chi connectivity index (χ0n) is 15.6. The second kappa shape index (κ2) is 9.76. The van der Waals surface area contributed by atoms with Crippen molar-refractivity contribution in [2.45, 2.75) is 47.1 Å². The molecule has 0 aliphatic carbocycles. The second-order valence-corrected chi connectivity index (χ2v) is 5.63. The van der Waals surface area contributed by atoms with Crippen molar-refractivity contribution in [1.82, 2.24) is 5.32 Å². The average Bonchev–Trinajstić information content (AvgIpc) is 2.58. The lowest BCUT2D eigenvalue weighted by molar-refractivity contribution is -0.121. The summed E-state index contributed by atoms with van der Waals surface area (Å²) in [6.07, 6.45) is 0.354. The molecule has 0 aromatic heterocycles. The van der Waals surface area contributed by atoms with Crippen LogP contribution in [0.1, 0.15) is 49.1 Å². The summed E-state index contributed by atoms with van der Waals surface area (Å²) in [7, 11) is 1.65. The number of hydrogen-bond acceptors (Lipinski definition) is 2. The van der Waals surface area contributed by atoms with Crippen LogP contribution in [0.15, 0.2) is 42.5 Å². The summed E-state index contributed by atoms with van der Waals surface area (Å²) < 4.78 is 5.30. The number of carbonyl (C=O) groups is 1. The summed E-state index contributed by atoms with van der Waals surface area (Å²) in [5.74, 6) is 0.832. The molecule has 24 heavy (non-hydrogen) atoms. The first-order valence-corrected chi connectivity index (χ1v) is 8.49. The number of hydrogen-bond donors (Lipinski definition) is 1. The molecule has 0 aliphatic rings. The largest absolute Gasteiger partial charge is 0.496 e. The Morgan fingerprint density at radius 3 is 2.38 bits per heavy atom. The van der Waals surface area contributed by atoms with Gasteiger partial charge in [-0.15, -0.1) is 0 Å². The van der Waals surface area contributed by atoms with Crippen molar-refractivity contribution >= 4 is 5.91 Å². The Labute approximate surface area is 146 Å². The van der Waals surface area contributed by atoms with Gasteiger partial charge in [-0.1, -0.05) is 50.2 Å². The van der Waals surface area contributed by atoms with Crippen LogP contribution in [0.3, 0.4) is 0 Å². The molecule has 3 nitrogen and oxygen atoms in total. The predicted octanol–water partition coefficient (Wildman–Crippen LogP) is 4.76. The molecule has 130 valence electrons. The number of rotatable bonds is 5. The number of amides is 1. The number of ether oxygens (including phenoxy) is 1. The molecule has 0 radical (unpaired) electrons. The monoisotopic (exact) mass is 327 g/mol. The molecule has 0 spiro atoms. The average molecular weight is 327 g/mol. The minimum atomic E-state index is 0.000967. The van der Waals surface area contributed by atoms with Gasteiger partial charge in [0.15, 0.2) is 0 Å². The number of nitrogens with one attached hydrogen (secondary N) is 1. The Kier molecular flexibility index (Phi) is 8.03. The predicted molar refractivity (Wildman–Crippen MR) is 101 cm³/mol. The highest BCUT2D eigenvalue weighted by Gasteiger charge is 2.12. The smallest absolute Gasteiger partial charge is 0.224 e. The zero-order valence-corrected chi connectivity index (χ0v) is 15.6. The molecule has 1 unspecified atom stereocenters. The third kappa shape index (κ3) is 5.41. The fraction of sp³-hybridized carbons (Fsp3) is 0.381. The SMILES string of the molecule is CC.COc1cc(CC(=O)NC(C)c2ccccc2C)ccc1C. The molecule has 0 bridgehead atoms. The van der Waals surface area contributed by atoms with Crippen molar-refractivity contribution in [3.05, 3.63) is 64.7 Å². The first-order chi connectivity index (χ1) is 11.5. The summed E-state index contributed by atoms with van der Waals surface area (Å²) in [5, 5.41) is 3.06. The number of benzene rings is 2. The van der Waals surface area contributed by atoms with E-state index in [4.69, 9.17) is 4.74 Å². The molecular formula is C21H29NO2. The van der Waals surface area contributed by atoms with Crippen LogP contribution in [0.5, 0.6) is 5.75 Å². The topological polar surface area (TPSA) is 38.3 Å². The van der Waals surface area contributed by atoms with Crippen molar-refractivity contribution in [1.29, 1.82) is 0 Å². The first-order valence-electron chi connectivity index (χ1n) is 8.49. The Morgan fingerprint density at radius 2 is 1.75 bits per heavy atom. The summed E-state index contributed by atoms with van der Waals surface area (Å²) in [6, 6.07) is 14.0. The Hall–Kier alpha value is -2.29. The highest BCUT2D eigenvalue weighted by Crippen LogP contribution is 2.20. The summed E-state index contributed by atoms with van der Waals surface area (Å²) in [5.41, 5.74) is 4.36. The van der Waals surface area contributed by atoms with E-state index in [-0.39, 0.29) is 11.9 Å². The van der Waals surface area contributed by atoms with Crippen LogP contribution in [-0.2, 0) is 11.2 Å². The fourth-order valence-corrected chi connectivity index (χ4v) is 2.60. The van der Waals surface area contributed by atoms with E-state index in [1.807, 2.05) is 58.0 Å². The second-order valence-electron chi connectivity index (χ2n) is 5.63. The summed E-state index contributed by atoms with van der Waals surface area (Å²) in [6.45, 7) is 10.1. The van der Waals surface area contributed by atoms with Gasteiger partial charge in [-0.2, -0.15) is 0 Å². The molecule has 3 heteroatoms. The maximum atomic E-state index is 12.2. The van der Waals surface area contributed by atoms with Crippen molar-refractivity contribution in [3.8, 4) is 5.75 Å². The van der Waals surface area contributed by atoms with Crippen LogP contribution in [-0.4, -0.2) is 13.0 Å². The van der Waals surface area contributed by atoms with E-state index in [1.165, 1.54) is 5.56 Å². The Bertz CT molecular complexity index is 665. The van der Waals surface area contributed by atoms with Gasteiger partial charge in [0, 0.05) is 0 Å². The maximum absolute atomic E-state index is 12.2. The van der Waals surface area contributed by atoms with Crippen molar-refractivity contribution in [3.63, 3.8) is 0 Å². The molecule has 0 saturated carbocycles. The van der Waals surface area contributed by atoms with Crippen molar-refractivity contribution < 1.29 is 9.53 Å². The van der Waals surface area contributed by atoms with Crippen molar-refractivity contribution in [2.24, 2.45) is 0 Å². The first kappa shape index (κ1) is 19.8. The van der Waals surface area contributed by atoms with Gasteiger partial charge in [0.1, 0.15) is 5.75 Å². The molecule has 1 atom stereocenters. The van der Waals surface area contributed by atoms with Crippen LogP contribution in [0, 0.1) is 13.8 Å². The van der Waals surface area contributed by atoms with Crippen LogP contribution in [0.25, 0.3) is 0 Å². The quantitative estimate of drug-likeness (QED) is 0.860. The van der Waals surface area contributed by atoms with Gasteiger partial charge in [0.05, 0.1) is 19.6 Å². The van der Waals surface area contributed by atoms with Gasteiger partial charge in [0.2, 0.25) is 5.91 Å². The molecule has 0 fully saturated rings. The van der Waals surface area contributed by atoms with Crippen LogP contribution < -0.4 is 10.1 Å². The van der Waals surface area contributed by atoms with Crippen LogP contribution in [0.2, 0.25) is 0 Å². The molecule has 2 aromatic carbocycles. The van der Waals surface area contributed by atoms with E-state index >= 15 is 0 Å². The fourth-order valence-electron chi connectivity index (χ4n) is 2.60. The minimum absolute atomic E-state index is 0.000967. The molecule has 1 N–H and O–H groups in total. The van der Waals surface area contributed by atoms with Gasteiger partial charge in [-0.3, -0.25) is 4.79 Å². The molecular weight excluding hydrogens is 298 g/mol. The standard InChI is InChI=1S/C19H23NO2.C2H6/c1-13-7-5-6-8-17(13)15(3)20-19(21)12-16-10-9-14(2)18(11-16)22-4;1-2/h5-11,15H,12H2,1-4H3,(H,20,21);1-2H3. The molecule has 1 amide bonds. The molecule has 2 aromatic rings. The summed E-state index contributed by atoms with van der Waals surface area (Å²) >= 11 is 0. The van der Waals surface area contributed by atoms with E-state index in [0.717, 1.165) is 22.4 Å². The van der Waals surface area contributed by atoms with E-state index in [0.29, 0.717) is 6.42 Å². The van der Waals surface area contributed by atoms with E-state index in [9.17, 15) is 4.79 Å². The third-order valence-electron chi connectivity index (χ3n) is 3.87. The minimum Gasteiger partial charge on any atom is -0.496 e. The van der Waals surface area contributed by atoms with Gasteiger partial charge in [0.25, 0.3) is 0 Å². The number of methoxy groups -OCH3 is 1. The molecule has 0 aliphatic heterocycles. The van der Waals surface area contributed by atoms with Crippen LogP contribution >= 0.6 is 0 Å². The normalized spacial score (nSPS) is 11.1. The summed E-state index contributed by atoms with van der Waals surface area (Å²) in [4.78, 5) is 12.2. The Morgan fingerprint density at radius 1 is 1.08 bits per heavy atom. The third-order valence-corrected chi connectivity index (χ3v) is 3.87. The lowest BCUT2D eigenvalue weighted by atomic mass is 10.0. The Balaban J connectivity index is 0.00000139. The highest BCUT2D eigenvalue weighted by molar-refractivity contribution is 5.79. The van der Waals surface area contributed by atoms with Gasteiger partial charge in [-0.25, -0.2) is 0 Å². The maximum Gasteiger partial charge on any atom is 0.224 e. The van der Waals surface area contributed by atoms with Gasteiger partial charge in [-0.05, 0) is 49.1 Å². The van der Waals surface area contributed by atoms with Gasteiger partial charge < -0.3 is 10.1 Å². The zero-order chi connectivity index (χ0) is 18.1. The van der Waals surface area contributed by atoms with E-state index in [2.05, 4.69) is 24.4 Å². The molecule has 0 saturated heterocycles. The molecule has 2 rings (SSSR count). The lowest BCUT2D eigenvalue weighted by Gasteiger charge is -2.17. The molecule has 0 heterocycles.